The molecule has 84 valence electrons. The highest BCUT2D eigenvalue weighted by Crippen LogP contribution is 2.20. The highest BCUT2D eigenvalue weighted by molar-refractivity contribution is 7.85. The van der Waals surface area contributed by atoms with Gasteiger partial charge in [0.2, 0.25) is 0 Å². The Morgan fingerprint density at radius 1 is 1.53 bits per heavy atom. The SMILES string of the molecule is COCC(C)S(=O)c1cc(C)ccc1N. The molecule has 3 nitrogen and oxygen atoms in total. The van der Waals surface area contributed by atoms with Crippen LogP contribution in [0.2, 0.25) is 0 Å². The first-order valence-electron chi connectivity index (χ1n) is 4.82. The third-order valence-corrected chi connectivity index (χ3v) is 3.81. The Morgan fingerprint density at radius 3 is 2.80 bits per heavy atom. The molecule has 1 aromatic rings. The molecule has 2 unspecified atom stereocenters. The number of rotatable bonds is 4. The second-order valence-electron chi connectivity index (χ2n) is 3.60. The van der Waals surface area contributed by atoms with E-state index in [2.05, 4.69) is 0 Å². The van der Waals surface area contributed by atoms with Gasteiger partial charge in [0, 0.05) is 12.8 Å². The molecule has 0 heterocycles. The van der Waals surface area contributed by atoms with Crippen molar-refractivity contribution in [2.24, 2.45) is 0 Å². The summed E-state index contributed by atoms with van der Waals surface area (Å²) in [5.41, 5.74) is 7.44. The number of nitrogens with two attached hydrogens (primary N) is 1. The van der Waals surface area contributed by atoms with Gasteiger partial charge in [-0.25, -0.2) is 0 Å². The molecule has 0 radical (unpaired) electrons. The molecule has 0 aliphatic rings. The van der Waals surface area contributed by atoms with Crippen LogP contribution in [-0.4, -0.2) is 23.2 Å². The molecule has 0 aliphatic carbocycles. The van der Waals surface area contributed by atoms with Crippen molar-refractivity contribution in [3.05, 3.63) is 23.8 Å². The molecular formula is C11H17NO2S. The molecule has 0 saturated carbocycles. The fraction of sp³-hybridized carbons (Fsp3) is 0.455. The van der Waals surface area contributed by atoms with Crippen LogP contribution in [0.4, 0.5) is 5.69 Å². The molecule has 15 heavy (non-hydrogen) atoms. The zero-order valence-corrected chi connectivity index (χ0v) is 10.1. The normalized spacial score (nSPS) is 14.9. The summed E-state index contributed by atoms with van der Waals surface area (Å²) in [6, 6.07) is 5.58. The molecule has 4 heteroatoms. The van der Waals surface area contributed by atoms with E-state index >= 15 is 0 Å². The maximum Gasteiger partial charge on any atom is 0.0623 e. The minimum absolute atomic E-state index is 0.0425. The summed E-state index contributed by atoms with van der Waals surface area (Å²) in [5.74, 6) is 0. The number of hydrogen-bond donors (Lipinski definition) is 1. The number of anilines is 1. The number of ether oxygens (including phenoxy) is 1. The zero-order valence-electron chi connectivity index (χ0n) is 9.32. The summed E-state index contributed by atoms with van der Waals surface area (Å²) in [5, 5.41) is -0.0425. The minimum Gasteiger partial charge on any atom is -0.398 e. The van der Waals surface area contributed by atoms with Gasteiger partial charge < -0.3 is 10.5 Å². The lowest BCUT2D eigenvalue weighted by atomic mass is 10.2. The van der Waals surface area contributed by atoms with E-state index in [1.54, 1.807) is 13.2 Å². The molecule has 0 spiro atoms. The van der Waals surface area contributed by atoms with Gasteiger partial charge >= 0.3 is 0 Å². The van der Waals surface area contributed by atoms with Gasteiger partial charge in [-0.05, 0) is 31.5 Å². The van der Waals surface area contributed by atoms with Crippen molar-refractivity contribution >= 4 is 16.5 Å². The van der Waals surface area contributed by atoms with Gasteiger partial charge in [0.25, 0.3) is 0 Å². The van der Waals surface area contributed by atoms with Crippen LogP contribution in [0.25, 0.3) is 0 Å². The van der Waals surface area contributed by atoms with Crippen molar-refractivity contribution in [1.82, 2.24) is 0 Å². The Labute approximate surface area is 93.1 Å². The number of methoxy groups -OCH3 is 1. The largest absolute Gasteiger partial charge is 0.398 e. The fourth-order valence-electron chi connectivity index (χ4n) is 1.33. The third kappa shape index (κ3) is 3.04. The first-order chi connectivity index (χ1) is 7.06. The van der Waals surface area contributed by atoms with Gasteiger partial charge in [-0.3, -0.25) is 4.21 Å². The highest BCUT2D eigenvalue weighted by Gasteiger charge is 2.15. The first-order valence-corrected chi connectivity index (χ1v) is 6.03. The fourth-order valence-corrected chi connectivity index (χ4v) is 2.62. The molecule has 0 bridgehead atoms. The summed E-state index contributed by atoms with van der Waals surface area (Å²) in [4.78, 5) is 0.708. The van der Waals surface area contributed by atoms with E-state index in [-0.39, 0.29) is 5.25 Å². The quantitative estimate of drug-likeness (QED) is 0.797. The van der Waals surface area contributed by atoms with Gasteiger partial charge in [0.05, 0.1) is 27.6 Å². The van der Waals surface area contributed by atoms with Crippen molar-refractivity contribution in [1.29, 1.82) is 0 Å². The van der Waals surface area contributed by atoms with Gasteiger partial charge in [-0.1, -0.05) is 6.07 Å². The van der Waals surface area contributed by atoms with Gasteiger partial charge in [0.1, 0.15) is 0 Å². The maximum absolute atomic E-state index is 12.1. The summed E-state index contributed by atoms with van der Waals surface area (Å²) < 4.78 is 17.0. The van der Waals surface area contributed by atoms with Crippen LogP contribution in [-0.2, 0) is 15.5 Å². The van der Waals surface area contributed by atoms with Gasteiger partial charge in [0.15, 0.2) is 0 Å². The number of nitrogen functional groups attached to an aromatic ring is 1. The Morgan fingerprint density at radius 2 is 2.20 bits per heavy atom. The third-order valence-electron chi connectivity index (χ3n) is 2.15. The number of hydrogen-bond acceptors (Lipinski definition) is 3. The molecule has 1 rings (SSSR count). The van der Waals surface area contributed by atoms with Crippen molar-refractivity contribution in [3.8, 4) is 0 Å². The summed E-state index contributed by atoms with van der Waals surface area (Å²) in [7, 11) is 0.505. The monoisotopic (exact) mass is 227 g/mol. The van der Waals surface area contributed by atoms with E-state index in [4.69, 9.17) is 10.5 Å². The molecular weight excluding hydrogens is 210 g/mol. The van der Waals surface area contributed by atoms with Crippen LogP contribution in [0.3, 0.4) is 0 Å². The lowest BCUT2D eigenvalue weighted by Crippen LogP contribution is -2.18. The van der Waals surface area contributed by atoms with E-state index in [9.17, 15) is 4.21 Å². The summed E-state index contributed by atoms with van der Waals surface area (Å²) in [6.07, 6.45) is 0. The predicted molar refractivity (Wildman–Crippen MR) is 63.3 cm³/mol. The van der Waals surface area contributed by atoms with Crippen molar-refractivity contribution < 1.29 is 8.95 Å². The Balaban J connectivity index is 2.95. The van der Waals surface area contributed by atoms with Crippen LogP contribution in [0.5, 0.6) is 0 Å². The van der Waals surface area contributed by atoms with Crippen LogP contribution in [0, 0.1) is 6.92 Å². The zero-order chi connectivity index (χ0) is 11.4. The predicted octanol–water partition coefficient (Wildman–Crippen LogP) is 1.72. The number of benzene rings is 1. The highest BCUT2D eigenvalue weighted by atomic mass is 32.2. The molecule has 0 aromatic heterocycles. The molecule has 0 amide bonds. The average molecular weight is 227 g/mol. The van der Waals surface area contributed by atoms with E-state index in [0.717, 1.165) is 5.56 Å². The van der Waals surface area contributed by atoms with Gasteiger partial charge in [-0.15, -0.1) is 0 Å². The molecule has 2 N–H and O–H groups in total. The van der Waals surface area contributed by atoms with Crippen molar-refractivity contribution in [2.45, 2.75) is 24.0 Å². The smallest absolute Gasteiger partial charge is 0.0623 e. The van der Waals surface area contributed by atoms with Gasteiger partial charge in [-0.2, -0.15) is 0 Å². The van der Waals surface area contributed by atoms with Crippen LogP contribution < -0.4 is 5.73 Å². The number of aryl methyl sites for hydroxylation is 1. The average Bonchev–Trinajstić information content (AvgIpc) is 2.21. The standard InChI is InChI=1S/C11H17NO2S/c1-8-4-5-10(12)11(6-8)15(13)9(2)7-14-3/h4-6,9H,7,12H2,1-3H3. The summed E-state index contributed by atoms with van der Waals surface area (Å²) >= 11 is 0. The topological polar surface area (TPSA) is 52.3 Å². The minimum atomic E-state index is -1.10. The molecule has 1 aromatic carbocycles. The second kappa shape index (κ2) is 5.28. The lowest BCUT2D eigenvalue weighted by molar-refractivity contribution is 0.202. The Kier molecular flexibility index (Phi) is 4.29. The molecule has 2 atom stereocenters. The van der Waals surface area contributed by atoms with E-state index < -0.39 is 10.8 Å². The summed E-state index contributed by atoms with van der Waals surface area (Å²) in [6.45, 7) is 4.32. The van der Waals surface area contributed by atoms with E-state index in [1.165, 1.54) is 0 Å². The van der Waals surface area contributed by atoms with Crippen LogP contribution in [0.1, 0.15) is 12.5 Å². The Bertz CT molecular complexity index is 366. The van der Waals surface area contributed by atoms with E-state index in [1.807, 2.05) is 26.0 Å². The van der Waals surface area contributed by atoms with E-state index in [0.29, 0.717) is 17.2 Å². The Hall–Kier alpha value is -0.870. The molecule has 0 aliphatic heterocycles. The maximum atomic E-state index is 12.1. The van der Waals surface area contributed by atoms with Crippen molar-refractivity contribution in [2.75, 3.05) is 19.5 Å². The molecule has 0 fully saturated rings. The van der Waals surface area contributed by atoms with Crippen LogP contribution in [0.15, 0.2) is 23.1 Å². The first kappa shape index (κ1) is 12.2. The lowest BCUT2D eigenvalue weighted by Gasteiger charge is -2.12. The molecule has 0 saturated heterocycles. The second-order valence-corrected chi connectivity index (χ2v) is 5.44. The van der Waals surface area contributed by atoms with Crippen LogP contribution >= 0.6 is 0 Å². The van der Waals surface area contributed by atoms with Crippen molar-refractivity contribution in [3.63, 3.8) is 0 Å².